The Balaban J connectivity index is 1.73. The van der Waals surface area contributed by atoms with Gasteiger partial charge in [-0.15, -0.1) is 0 Å². The highest BCUT2D eigenvalue weighted by atomic mass is 16.5. The maximum absolute atomic E-state index is 10.8. The van der Waals surface area contributed by atoms with Crippen molar-refractivity contribution in [2.24, 2.45) is 0 Å². The number of aryl methyl sites for hydroxylation is 1. The number of hydrogen-bond donors (Lipinski definition) is 1. The molecule has 0 amide bonds. The first kappa shape index (κ1) is 18.2. The number of aromatic nitrogens is 1. The molecule has 4 heteroatoms. The molecule has 0 aliphatic heterocycles. The van der Waals surface area contributed by atoms with Gasteiger partial charge < -0.3 is 9.84 Å². The van der Waals surface area contributed by atoms with Crippen LogP contribution in [0, 0.1) is 13.8 Å². The van der Waals surface area contributed by atoms with Gasteiger partial charge in [-0.25, -0.2) is 0 Å². The van der Waals surface area contributed by atoms with E-state index in [0.717, 1.165) is 35.3 Å². The van der Waals surface area contributed by atoms with Crippen LogP contribution < -0.4 is 4.74 Å². The van der Waals surface area contributed by atoms with Gasteiger partial charge in [0.05, 0.1) is 0 Å². The molecule has 0 fully saturated rings. The summed E-state index contributed by atoms with van der Waals surface area (Å²) in [6.45, 7) is 4.69. The molecule has 1 N–H and O–H groups in total. The van der Waals surface area contributed by atoms with Crippen molar-refractivity contribution >= 4 is 11.5 Å². The smallest absolute Gasteiger partial charge is 0.303 e. The van der Waals surface area contributed by atoms with E-state index in [1.54, 1.807) is 0 Å². The molecule has 1 aliphatic carbocycles. The third kappa shape index (κ3) is 4.13. The standard InChI is InChI=1S/C22H25NO3/c1-15-16(2)21(8-6-17(15)7-9-22(24)25)26-14-19-4-3-5-20(19)18-10-12-23-13-11-18/h6,8,10-13H,3-5,7,9,14H2,1-2H3,(H,24,25). The molecule has 1 aromatic heterocycles. The summed E-state index contributed by atoms with van der Waals surface area (Å²) in [7, 11) is 0. The van der Waals surface area contributed by atoms with Crippen LogP contribution in [0.25, 0.3) is 5.57 Å². The maximum Gasteiger partial charge on any atom is 0.303 e. The molecule has 1 heterocycles. The van der Waals surface area contributed by atoms with Gasteiger partial charge in [0.2, 0.25) is 0 Å². The van der Waals surface area contributed by atoms with Gasteiger partial charge >= 0.3 is 5.97 Å². The number of nitrogens with zero attached hydrogens (tertiary/aromatic N) is 1. The van der Waals surface area contributed by atoms with E-state index in [9.17, 15) is 4.79 Å². The minimum absolute atomic E-state index is 0.155. The van der Waals surface area contributed by atoms with Gasteiger partial charge in [-0.2, -0.15) is 0 Å². The first-order valence-corrected chi connectivity index (χ1v) is 9.11. The topological polar surface area (TPSA) is 59.4 Å². The average Bonchev–Trinajstić information content (AvgIpc) is 3.11. The third-order valence-corrected chi connectivity index (χ3v) is 5.22. The lowest BCUT2D eigenvalue weighted by molar-refractivity contribution is -0.136. The molecule has 0 saturated heterocycles. The fraction of sp³-hybridized carbons (Fsp3) is 0.364. The Kier molecular flexibility index (Phi) is 5.71. The number of allylic oxidation sites excluding steroid dienone is 1. The second kappa shape index (κ2) is 8.17. The fourth-order valence-corrected chi connectivity index (χ4v) is 3.55. The Hall–Kier alpha value is -2.62. The Morgan fingerprint density at radius 1 is 1.12 bits per heavy atom. The fourth-order valence-electron chi connectivity index (χ4n) is 3.55. The van der Waals surface area contributed by atoms with Gasteiger partial charge in [0.25, 0.3) is 0 Å². The molecule has 1 aliphatic rings. The molecule has 136 valence electrons. The van der Waals surface area contributed by atoms with Crippen LogP contribution in [0.5, 0.6) is 5.75 Å². The highest BCUT2D eigenvalue weighted by Crippen LogP contribution is 2.34. The van der Waals surface area contributed by atoms with Gasteiger partial charge in [0, 0.05) is 18.8 Å². The number of carboxylic acids is 1. The molecular weight excluding hydrogens is 326 g/mol. The summed E-state index contributed by atoms with van der Waals surface area (Å²) in [5, 5.41) is 8.88. The highest BCUT2D eigenvalue weighted by molar-refractivity contribution is 5.70. The van der Waals surface area contributed by atoms with Gasteiger partial charge in [-0.1, -0.05) is 6.07 Å². The SMILES string of the molecule is Cc1c(CCC(=O)O)ccc(OCC2=C(c3ccncc3)CCC2)c1C. The number of pyridine rings is 1. The molecule has 0 radical (unpaired) electrons. The lowest BCUT2D eigenvalue weighted by atomic mass is 9.99. The van der Waals surface area contributed by atoms with Gasteiger partial charge in [-0.3, -0.25) is 9.78 Å². The van der Waals surface area contributed by atoms with E-state index in [1.165, 1.54) is 23.1 Å². The third-order valence-electron chi connectivity index (χ3n) is 5.22. The van der Waals surface area contributed by atoms with Crippen molar-refractivity contribution < 1.29 is 14.6 Å². The molecule has 0 spiro atoms. The molecular formula is C22H25NO3. The highest BCUT2D eigenvalue weighted by Gasteiger charge is 2.17. The Morgan fingerprint density at radius 3 is 2.62 bits per heavy atom. The summed E-state index contributed by atoms with van der Waals surface area (Å²) in [6, 6.07) is 8.09. The Morgan fingerprint density at radius 2 is 1.88 bits per heavy atom. The number of carbonyl (C=O) groups is 1. The monoisotopic (exact) mass is 351 g/mol. The van der Waals surface area contributed by atoms with Crippen molar-refractivity contribution in [1.82, 2.24) is 4.98 Å². The van der Waals surface area contributed by atoms with Crippen molar-refractivity contribution in [3.63, 3.8) is 0 Å². The average molecular weight is 351 g/mol. The number of benzene rings is 1. The Bertz CT molecular complexity index is 825. The van der Waals surface area contributed by atoms with E-state index < -0.39 is 5.97 Å². The molecule has 0 saturated carbocycles. The summed E-state index contributed by atoms with van der Waals surface area (Å²) in [5.74, 6) is 0.120. The van der Waals surface area contributed by atoms with Crippen LogP contribution in [0.2, 0.25) is 0 Å². The molecule has 26 heavy (non-hydrogen) atoms. The van der Waals surface area contributed by atoms with Crippen LogP contribution in [0.3, 0.4) is 0 Å². The Labute approximate surface area is 154 Å². The normalized spacial score (nSPS) is 13.9. The first-order valence-electron chi connectivity index (χ1n) is 9.11. The summed E-state index contributed by atoms with van der Waals surface area (Å²) in [6.07, 6.45) is 7.72. The number of aliphatic carboxylic acids is 1. The lowest BCUT2D eigenvalue weighted by Crippen LogP contribution is -2.05. The molecule has 0 bridgehead atoms. The van der Waals surface area contributed by atoms with E-state index >= 15 is 0 Å². The summed E-state index contributed by atoms with van der Waals surface area (Å²) < 4.78 is 6.14. The largest absolute Gasteiger partial charge is 0.489 e. The predicted molar refractivity (Wildman–Crippen MR) is 102 cm³/mol. The second-order valence-electron chi connectivity index (χ2n) is 6.83. The number of hydrogen-bond acceptors (Lipinski definition) is 3. The molecule has 0 unspecified atom stereocenters. The van der Waals surface area contributed by atoms with E-state index in [0.29, 0.717) is 13.0 Å². The molecule has 0 atom stereocenters. The van der Waals surface area contributed by atoms with E-state index in [1.807, 2.05) is 38.4 Å². The van der Waals surface area contributed by atoms with Crippen molar-refractivity contribution in [2.45, 2.75) is 46.0 Å². The van der Waals surface area contributed by atoms with E-state index in [4.69, 9.17) is 9.84 Å². The van der Waals surface area contributed by atoms with Gasteiger partial charge in [0.1, 0.15) is 12.4 Å². The summed E-state index contributed by atoms with van der Waals surface area (Å²) in [5.41, 5.74) is 7.29. The van der Waals surface area contributed by atoms with Crippen LogP contribution in [0.4, 0.5) is 0 Å². The maximum atomic E-state index is 10.8. The van der Waals surface area contributed by atoms with Crippen LogP contribution in [0.15, 0.2) is 42.2 Å². The van der Waals surface area contributed by atoms with Gasteiger partial charge in [-0.05, 0) is 91.1 Å². The zero-order chi connectivity index (χ0) is 18.5. The second-order valence-corrected chi connectivity index (χ2v) is 6.83. The predicted octanol–water partition coefficient (Wildman–Crippen LogP) is 4.73. The van der Waals surface area contributed by atoms with Crippen LogP contribution in [-0.4, -0.2) is 22.7 Å². The zero-order valence-corrected chi connectivity index (χ0v) is 15.4. The van der Waals surface area contributed by atoms with Crippen LogP contribution in [0.1, 0.15) is 47.9 Å². The summed E-state index contributed by atoms with van der Waals surface area (Å²) in [4.78, 5) is 14.9. The van der Waals surface area contributed by atoms with Crippen molar-refractivity contribution in [3.05, 3.63) is 64.5 Å². The zero-order valence-electron chi connectivity index (χ0n) is 15.4. The lowest BCUT2D eigenvalue weighted by Gasteiger charge is -2.15. The quantitative estimate of drug-likeness (QED) is 0.783. The molecule has 3 rings (SSSR count). The van der Waals surface area contributed by atoms with E-state index in [-0.39, 0.29) is 6.42 Å². The van der Waals surface area contributed by atoms with Crippen LogP contribution in [-0.2, 0) is 11.2 Å². The van der Waals surface area contributed by atoms with Crippen molar-refractivity contribution in [3.8, 4) is 5.75 Å². The first-order chi connectivity index (χ1) is 12.6. The number of rotatable bonds is 7. The van der Waals surface area contributed by atoms with Gasteiger partial charge in [0.15, 0.2) is 0 Å². The summed E-state index contributed by atoms with van der Waals surface area (Å²) >= 11 is 0. The van der Waals surface area contributed by atoms with Crippen molar-refractivity contribution in [1.29, 1.82) is 0 Å². The molecule has 2 aromatic rings. The minimum atomic E-state index is -0.765. The minimum Gasteiger partial charge on any atom is -0.489 e. The molecule has 1 aromatic carbocycles. The van der Waals surface area contributed by atoms with Crippen molar-refractivity contribution in [2.75, 3.05) is 6.61 Å². The van der Waals surface area contributed by atoms with E-state index in [2.05, 4.69) is 17.1 Å². The van der Waals surface area contributed by atoms with Crippen LogP contribution >= 0.6 is 0 Å². The number of ether oxygens (including phenoxy) is 1. The number of carboxylic acid groups (broad SMARTS) is 1. The molecule has 4 nitrogen and oxygen atoms in total.